The summed E-state index contributed by atoms with van der Waals surface area (Å²) >= 11 is 0. The van der Waals surface area contributed by atoms with Gasteiger partial charge in [0, 0.05) is 17.8 Å². The van der Waals surface area contributed by atoms with E-state index >= 15 is 0 Å². The number of imidazole rings is 1. The van der Waals surface area contributed by atoms with Crippen molar-refractivity contribution in [3.63, 3.8) is 0 Å². The van der Waals surface area contributed by atoms with Crippen LogP contribution in [0.25, 0.3) is 6.08 Å². The van der Waals surface area contributed by atoms with E-state index in [-0.39, 0.29) is 11.7 Å². The summed E-state index contributed by atoms with van der Waals surface area (Å²) in [4.78, 5) is 7.11. The van der Waals surface area contributed by atoms with Crippen LogP contribution >= 0.6 is 0 Å². The number of hydrogen-bond donors (Lipinski definition) is 1. The van der Waals surface area contributed by atoms with E-state index in [0.717, 1.165) is 28.8 Å². The van der Waals surface area contributed by atoms with Crippen LogP contribution in [0.1, 0.15) is 35.2 Å². The van der Waals surface area contributed by atoms with Gasteiger partial charge in [-0.2, -0.15) is 0 Å². The number of nitrogens with one attached hydrogen (secondary N) is 1. The molecule has 1 N–H and O–H groups in total. The zero-order valence-corrected chi connectivity index (χ0v) is 9.57. The van der Waals surface area contributed by atoms with Crippen molar-refractivity contribution >= 4 is 6.08 Å². The van der Waals surface area contributed by atoms with E-state index in [1.807, 2.05) is 0 Å². The third-order valence-corrected chi connectivity index (χ3v) is 3.34. The minimum Gasteiger partial charge on any atom is -0.348 e. The van der Waals surface area contributed by atoms with Crippen LogP contribution in [0.3, 0.4) is 0 Å². The molecule has 1 atom stereocenters. The largest absolute Gasteiger partial charge is 0.348 e. The molecule has 1 unspecified atom stereocenters. The highest BCUT2D eigenvalue weighted by Gasteiger charge is 2.18. The Morgan fingerprint density at radius 1 is 1.41 bits per heavy atom. The maximum absolute atomic E-state index is 13.6. The molecule has 0 bridgehead atoms. The van der Waals surface area contributed by atoms with Gasteiger partial charge in [0.2, 0.25) is 0 Å². The molecule has 0 aliphatic heterocycles. The van der Waals surface area contributed by atoms with E-state index in [1.54, 1.807) is 24.7 Å². The second-order valence-electron chi connectivity index (χ2n) is 4.40. The minimum atomic E-state index is -0.159. The highest BCUT2D eigenvalue weighted by molar-refractivity contribution is 5.64. The highest BCUT2D eigenvalue weighted by atomic mass is 19.1. The third kappa shape index (κ3) is 1.68. The monoisotopic (exact) mass is 228 g/mol. The first kappa shape index (κ1) is 10.3. The van der Waals surface area contributed by atoms with Gasteiger partial charge in [-0.05, 0) is 35.2 Å². The van der Waals surface area contributed by atoms with Gasteiger partial charge in [0.15, 0.2) is 0 Å². The van der Waals surface area contributed by atoms with Gasteiger partial charge >= 0.3 is 0 Å². The number of aromatic nitrogens is 2. The Morgan fingerprint density at radius 3 is 3.06 bits per heavy atom. The van der Waals surface area contributed by atoms with Crippen LogP contribution < -0.4 is 0 Å². The number of aromatic amines is 1. The summed E-state index contributed by atoms with van der Waals surface area (Å²) in [6.45, 7) is 2.06. The fraction of sp³-hybridized carbons (Fsp3) is 0.214. The molecule has 0 amide bonds. The van der Waals surface area contributed by atoms with Crippen molar-refractivity contribution in [1.29, 1.82) is 0 Å². The Kier molecular flexibility index (Phi) is 2.32. The predicted octanol–water partition coefficient (Wildman–Crippen LogP) is 3.27. The Hall–Kier alpha value is -1.90. The average molecular weight is 228 g/mol. The number of halogens is 1. The van der Waals surface area contributed by atoms with Crippen molar-refractivity contribution < 1.29 is 4.39 Å². The average Bonchev–Trinajstić information content (AvgIpc) is 2.97. The molecule has 17 heavy (non-hydrogen) atoms. The number of nitrogens with zero attached hydrogens (tertiary/aromatic N) is 1. The van der Waals surface area contributed by atoms with E-state index in [2.05, 4.69) is 29.0 Å². The normalized spacial score (nSPS) is 14.9. The molecule has 1 aromatic carbocycles. The number of allylic oxidation sites excluding steroid dienone is 1. The molecule has 0 fully saturated rings. The second-order valence-corrected chi connectivity index (χ2v) is 4.40. The molecule has 0 saturated carbocycles. The predicted molar refractivity (Wildman–Crippen MR) is 65.2 cm³/mol. The Balaban J connectivity index is 2.11. The smallest absolute Gasteiger partial charge is 0.123 e. The zero-order chi connectivity index (χ0) is 11.8. The lowest BCUT2D eigenvalue weighted by atomic mass is 9.91. The maximum atomic E-state index is 13.6. The summed E-state index contributed by atoms with van der Waals surface area (Å²) in [5, 5.41) is 0. The zero-order valence-electron chi connectivity index (χ0n) is 9.57. The molecule has 2 nitrogen and oxygen atoms in total. The number of benzene rings is 1. The van der Waals surface area contributed by atoms with E-state index in [0.29, 0.717) is 0 Å². The molecule has 0 radical (unpaired) electrons. The van der Waals surface area contributed by atoms with E-state index < -0.39 is 0 Å². The van der Waals surface area contributed by atoms with Gasteiger partial charge in [0.1, 0.15) is 5.82 Å². The van der Waals surface area contributed by atoms with Crippen LogP contribution in [0, 0.1) is 5.82 Å². The Labute approximate surface area is 99.2 Å². The molecule has 2 aromatic rings. The summed E-state index contributed by atoms with van der Waals surface area (Å²) in [6.07, 6.45) is 8.43. The van der Waals surface area contributed by atoms with Gasteiger partial charge in [-0.1, -0.05) is 19.1 Å². The summed E-state index contributed by atoms with van der Waals surface area (Å²) in [6, 6.07) is 3.25. The van der Waals surface area contributed by atoms with E-state index in [9.17, 15) is 4.39 Å². The lowest BCUT2D eigenvalue weighted by Crippen LogP contribution is -2.01. The second kappa shape index (κ2) is 3.84. The summed E-state index contributed by atoms with van der Waals surface area (Å²) < 4.78 is 13.6. The van der Waals surface area contributed by atoms with Gasteiger partial charge < -0.3 is 4.98 Å². The number of H-pyrrole nitrogens is 1. The summed E-state index contributed by atoms with van der Waals surface area (Å²) in [5.41, 5.74) is 4.27. The van der Waals surface area contributed by atoms with Gasteiger partial charge in [0.05, 0.1) is 6.33 Å². The van der Waals surface area contributed by atoms with Crippen molar-refractivity contribution in [3.8, 4) is 0 Å². The fourth-order valence-corrected chi connectivity index (χ4v) is 2.40. The van der Waals surface area contributed by atoms with E-state index in [4.69, 9.17) is 0 Å². The molecule has 1 aromatic heterocycles. The highest BCUT2D eigenvalue weighted by Crippen LogP contribution is 2.32. The van der Waals surface area contributed by atoms with Gasteiger partial charge in [-0.3, -0.25) is 0 Å². The van der Waals surface area contributed by atoms with Crippen LogP contribution in [0.4, 0.5) is 4.39 Å². The van der Waals surface area contributed by atoms with Crippen molar-refractivity contribution in [1.82, 2.24) is 9.97 Å². The molecular formula is C14H13FN2. The Morgan fingerprint density at radius 2 is 2.29 bits per heavy atom. The van der Waals surface area contributed by atoms with Crippen LogP contribution in [-0.2, 0) is 6.42 Å². The van der Waals surface area contributed by atoms with Crippen LogP contribution in [0.2, 0.25) is 0 Å². The first-order valence-corrected chi connectivity index (χ1v) is 5.73. The number of hydrogen-bond acceptors (Lipinski definition) is 1. The molecule has 1 aliphatic rings. The molecule has 0 saturated heterocycles. The standard InChI is InChI=1S/C14H13FN2/c1-9(14-7-16-8-17-14)13-6-11(15)5-10-3-2-4-12(10)13/h2,4-9H,3H2,1H3,(H,16,17). The number of rotatable bonds is 2. The topological polar surface area (TPSA) is 28.7 Å². The first-order chi connectivity index (χ1) is 8.25. The van der Waals surface area contributed by atoms with Crippen molar-refractivity contribution in [2.75, 3.05) is 0 Å². The summed E-state index contributed by atoms with van der Waals surface area (Å²) in [5.74, 6) is -0.0292. The van der Waals surface area contributed by atoms with Crippen LogP contribution in [0.15, 0.2) is 30.7 Å². The maximum Gasteiger partial charge on any atom is 0.123 e. The van der Waals surface area contributed by atoms with Crippen molar-refractivity contribution in [2.45, 2.75) is 19.3 Å². The lowest BCUT2D eigenvalue weighted by molar-refractivity contribution is 0.622. The van der Waals surface area contributed by atoms with Crippen molar-refractivity contribution in [3.05, 3.63) is 58.9 Å². The fourth-order valence-electron chi connectivity index (χ4n) is 2.40. The quantitative estimate of drug-likeness (QED) is 0.839. The molecule has 0 spiro atoms. The molecule has 1 heterocycles. The van der Waals surface area contributed by atoms with Crippen LogP contribution in [0.5, 0.6) is 0 Å². The SMILES string of the molecule is CC(c1cnc[nH]1)c1cc(F)cc2c1C=CC2. The number of fused-ring (bicyclic) bond motifs is 1. The first-order valence-electron chi connectivity index (χ1n) is 5.73. The van der Waals surface area contributed by atoms with Gasteiger partial charge in [-0.25, -0.2) is 9.37 Å². The molecule has 1 aliphatic carbocycles. The van der Waals surface area contributed by atoms with Gasteiger partial charge in [0.25, 0.3) is 0 Å². The Bertz CT molecular complexity index is 570. The van der Waals surface area contributed by atoms with Gasteiger partial charge in [-0.15, -0.1) is 0 Å². The summed E-state index contributed by atoms with van der Waals surface area (Å²) in [7, 11) is 0. The molecular weight excluding hydrogens is 215 g/mol. The minimum absolute atomic E-state index is 0.129. The van der Waals surface area contributed by atoms with Crippen molar-refractivity contribution in [2.24, 2.45) is 0 Å². The van der Waals surface area contributed by atoms with E-state index in [1.165, 1.54) is 0 Å². The molecule has 3 rings (SSSR count). The third-order valence-electron chi connectivity index (χ3n) is 3.34. The molecule has 3 heteroatoms. The molecule has 86 valence electrons. The van der Waals surface area contributed by atoms with Crippen LogP contribution in [-0.4, -0.2) is 9.97 Å². The lowest BCUT2D eigenvalue weighted by Gasteiger charge is -2.14.